The van der Waals surface area contributed by atoms with Crippen molar-refractivity contribution in [1.82, 2.24) is 20.3 Å². The normalized spacial score (nSPS) is 19.6. The molecule has 2 aromatic rings. The molecule has 0 spiro atoms. The van der Waals surface area contributed by atoms with Gasteiger partial charge in [-0.15, -0.1) is 5.10 Å². The average molecular weight is 286 g/mol. The molecule has 2 aliphatic rings. The van der Waals surface area contributed by atoms with Crippen LogP contribution < -0.4 is 14.8 Å². The highest BCUT2D eigenvalue weighted by molar-refractivity contribution is 5.51. The molecule has 2 aliphatic heterocycles. The van der Waals surface area contributed by atoms with Crippen LogP contribution in [0.3, 0.4) is 0 Å². The second-order valence-electron chi connectivity index (χ2n) is 5.42. The van der Waals surface area contributed by atoms with Crippen LogP contribution in [0, 0.1) is 0 Å². The van der Waals surface area contributed by atoms with E-state index in [2.05, 4.69) is 34.7 Å². The first-order chi connectivity index (χ1) is 10.4. The first-order valence-corrected chi connectivity index (χ1v) is 7.41. The van der Waals surface area contributed by atoms with Crippen molar-refractivity contribution in [3.8, 4) is 11.5 Å². The largest absolute Gasteiger partial charge is 0.454 e. The van der Waals surface area contributed by atoms with Gasteiger partial charge in [0.05, 0.1) is 17.9 Å². The lowest BCUT2D eigenvalue weighted by atomic mass is 9.92. The molecule has 0 saturated carbocycles. The number of hydrogen-bond donors (Lipinski definition) is 1. The minimum Gasteiger partial charge on any atom is -0.454 e. The zero-order valence-corrected chi connectivity index (χ0v) is 12.0. The maximum Gasteiger partial charge on any atom is 0.231 e. The Balaban J connectivity index is 1.77. The van der Waals surface area contributed by atoms with Crippen LogP contribution in [0.25, 0.3) is 0 Å². The highest BCUT2D eigenvalue weighted by atomic mass is 16.7. The number of ether oxygens (including phenoxy) is 2. The minimum atomic E-state index is 0.116. The summed E-state index contributed by atoms with van der Waals surface area (Å²) < 4.78 is 13.0. The molecule has 21 heavy (non-hydrogen) atoms. The quantitative estimate of drug-likeness (QED) is 0.929. The predicted molar refractivity (Wildman–Crippen MR) is 76.4 cm³/mol. The van der Waals surface area contributed by atoms with Gasteiger partial charge in [-0.2, -0.15) is 0 Å². The third kappa shape index (κ3) is 2.06. The summed E-state index contributed by atoms with van der Waals surface area (Å²) in [4.78, 5) is 0. The van der Waals surface area contributed by atoms with E-state index in [1.807, 2.05) is 10.9 Å². The van der Waals surface area contributed by atoms with Crippen molar-refractivity contribution in [2.45, 2.75) is 32.4 Å². The van der Waals surface area contributed by atoms with Gasteiger partial charge >= 0.3 is 0 Å². The number of aromatic nitrogens is 3. The minimum absolute atomic E-state index is 0.116. The van der Waals surface area contributed by atoms with Gasteiger partial charge in [-0.25, -0.2) is 4.68 Å². The predicted octanol–water partition coefficient (Wildman–Crippen LogP) is 1.65. The Kier molecular flexibility index (Phi) is 3.03. The number of aryl methyl sites for hydroxylation is 1. The highest BCUT2D eigenvalue weighted by Crippen LogP contribution is 2.39. The number of fused-ring (bicyclic) bond motifs is 2. The zero-order valence-electron chi connectivity index (χ0n) is 12.0. The molecule has 0 fully saturated rings. The van der Waals surface area contributed by atoms with E-state index in [9.17, 15) is 0 Å². The molecule has 0 radical (unpaired) electrons. The number of hydrogen-bond acceptors (Lipinski definition) is 5. The third-order valence-electron chi connectivity index (χ3n) is 4.07. The second kappa shape index (κ2) is 5.04. The Morgan fingerprint density at radius 1 is 1.33 bits per heavy atom. The van der Waals surface area contributed by atoms with Crippen molar-refractivity contribution in [3.05, 3.63) is 35.2 Å². The van der Waals surface area contributed by atoms with E-state index >= 15 is 0 Å². The molecule has 6 nitrogen and oxygen atoms in total. The van der Waals surface area contributed by atoms with Gasteiger partial charge in [-0.1, -0.05) is 12.1 Å². The Hall–Kier alpha value is -2.08. The van der Waals surface area contributed by atoms with E-state index in [0.717, 1.165) is 43.1 Å². The number of nitrogens with one attached hydrogen (secondary N) is 1. The summed E-state index contributed by atoms with van der Waals surface area (Å²) in [6.45, 7) is 4.28. The topological polar surface area (TPSA) is 61.2 Å². The summed E-state index contributed by atoms with van der Waals surface area (Å²) in [5.74, 6) is 1.69. The summed E-state index contributed by atoms with van der Waals surface area (Å²) in [6, 6.07) is 4.32. The third-order valence-corrected chi connectivity index (χ3v) is 4.07. The molecule has 0 aliphatic carbocycles. The van der Waals surface area contributed by atoms with E-state index in [4.69, 9.17) is 9.47 Å². The fraction of sp³-hybridized carbons (Fsp3) is 0.467. The number of rotatable bonds is 3. The molecule has 6 heteroatoms. The van der Waals surface area contributed by atoms with Gasteiger partial charge in [-0.3, -0.25) is 0 Å². The lowest BCUT2D eigenvalue weighted by molar-refractivity contribution is 0.174. The van der Waals surface area contributed by atoms with E-state index < -0.39 is 0 Å². The van der Waals surface area contributed by atoms with Crippen molar-refractivity contribution >= 4 is 0 Å². The Labute approximate surface area is 123 Å². The maximum atomic E-state index is 5.52. The Morgan fingerprint density at radius 3 is 3.05 bits per heavy atom. The lowest BCUT2D eigenvalue weighted by Crippen LogP contribution is -2.32. The van der Waals surface area contributed by atoms with E-state index in [-0.39, 0.29) is 6.04 Å². The molecule has 4 rings (SSSR count). The Morgan fingerprint density at radius 2 is 2.19 bits per heavy atom. The summed E-state index contributed by atoms with van der Waals surface area (Å²) in [6.07, 6.45) is 3.89. The Bertz CT molecular complexity index is 668. The van der Waals surface area contributed by atoms with Crippen LogP contribution in [0.1, 0.15) is 36.2 Å². The smallest absolute Gasteiger partial charge is 0.231 e. The van der Waals surface area contributed by atoms with Crippen LogP contribution in [0.15, 0.2) is 18.3 Å². The molecule has 0 saturated heterocycles. The molecule has 1 unspecified atom stereocenters. The first-order valence-electron chi connectivity index (χ1n) is 7.41. The molecule has 0 amide bonds. The van der Waals surface area contributed by atoms with Gasteiger partial charge < -0.3 is 14.8 Å². The molecule has 0 bridgehead atoms. The van der Waals surface area contributed by atoms with Crippen molar-refractivity contribution in [2.75, 3.05) is 13.3 Å². The van der Waals surface area contributed by atoms with Gasteiger partial charge in [0, 0.05) is 13.1 Å². The summed E-state index contributed by atoms with van der Waals surface area (Å²) in [7, 11) is 0. The maximum absolute atomic E-state index is 5.52. The standard InChI is InChI=1S/C15H18N4O2/c1-2-5-19-12(8-17-18-19)15-11-7-14-13(20-9-21-14)6-10(11)3-4-16-15/h6-8,15-16H,2-5,9H2,1H3. The van der Waals surface area contributed by atoms with E-state index in [1.54, 1.807) is 0 Å². The van der Waals surface area contributed by atoms with Crippen LogP contribution in [-0.2, 0) is 13.0 Å². The van der Waals surface area contributed by atoms with Crippen molar-refractivity contribution in [2.24, 2.45) is 0 Å². The van der Waals surface area contributed by atoms with Crippen molar-refractivity contribution in [3.63, 3.8) is 0 Å². The molecule has 1 aromatic carbocycles. The highest BCUT2D eigenvalue weighted by Gasteiger charge is 2.28. The fourth-order valence-corrected chi connectivity index (χ4v) is 3.08. The van der Waals surface area contributed by atoms with Crippen LogP contribution in [0.2, 0.25) is 0 Å². The summed E-state index contributed by atoms with van der Waals surface area (Å²) >= 11 is 0. The van der Waals surface area contributed by atoms with Crippen LogP contribution in [0.5, 0.6) is 11.5 Å². The van der Waals surface area contributed by atoms with Crippen LogP contribution >= 0.6 is 0 Å². The van der Waals surface area contributed by atoms with Gasteiger partial charge in [0.15, 0.2) is 11.5 Å². The molecule has 1 aromatic heterocycles. The number of nitrogens with zero attached hydrogens (tertiary/aromatic N) is 3. The monoisotopic (exact) mass is 286 g/mol. The van der Waals surface area contributed by atoms with Gasteiger partial charge in [0.1, 0.15) is 0 Å². The van der Waals surface area contributed by atoms with Gasteiger partial charge in [0.2, 0.25) is 6.79 Å². The molecule has 3 heterocycles. The molecular weight excluding hydrogens is 268 g/mol. The lowest BCUT2D eigenvalue weighted by Gasteiger charge is -2.27. The van der Waals surface area contributed by atoms with Gasteiger partial charge in [0.25, 0.3) is 0 Å². The van der Waals surface area contributed by atoms with Crippen LogP contribution in [0.4, 0.5) is 0 Å². The molecule has 1 atom stereocenters. The van der Waals surface area contributed by atoms with E-state index in [0.29, 0.717) is 6.79 Å². The van der Waals surface area contributed by atoms with Gasteiger partial charge in [-0.05, 0) is 36.1 Å². The molecule has 1 N–H and O–H groups in total. The summed E-state index contributed by atoms with van der Waals surface area (Å²) in [5.41, 5.74) is 3.66. The van der Waals surface area contributed by atoms with Crippen molar-refractivity contribution in [1.29, 1.82) is 0 Å². The molecular formula is C15H18N4O2. The average Bonchev–Trinajstić information content (AvgIpc) is 3.13. The molecule has 110 valence electrons. The fourth-order valence-electron chi connectivity index (χ4n) is 3.08. The van der Waals surface area contributed by atoms with Crippen LogP contribution in [-0.4, -0.2) is 28.3 Å². The van der Waals surface area contributed by atoms with E-state index in [1.165, 1.54) is 11.1 Å². The number of benzene rings is 1. The zero-order chi connectivity index (χ0) is 14.2. The SMILES string of the molecule is CCCn1nncc1C1NCCc2cc3c(cc21)OCO3. The first kappa shape index (κ1) is 12.6. The summed E-state index contributed by atoms with van der Waals surface area (Å²) in [5, 5.41) is 11.8. The van der Waals surface area contributed by atoms with Crippen molar-refractivity contribution < 1.29 is 9.47 Å². The second-order valence-corrected chi connectivity index (χ2v) is 5.42.